The van der Waals surface area contributed by atoms with E-state index in [4.69, 9.17) is 5.73 Å². The summed E-state index contributed by atoms with van der Waals surface area (Å²) >= 11 is 0. The Kier molecular flexibility index (Phi) is 3.45. The molecule has 0 aromatic heterocycles. The van der Waals surface area contributed by atoms with Crippen molar-refractivity contribution >= 4 is 21.4 Å². The van der Waals surface area contributed by atoms with Gasteiger partial charge in [0.05, 0.1) is 22.7 Å². The lowest BCUT2D eigenvalue weighted by Crippen LogP contribution is -2.47. The Hall–Kier alpha value is -1.70. The number of carbonyl (C=O) groups is 1. The molecule has 3 N–H and O–H groups in total. The zero-order valence-electron chi connectivity index (χ0n) is 10.7. The second-order valence-electron chi connectivity index (χ2n) is 5.18. The molecule has 0 saturated carbocycles. The van der Waals surface area contributed by atoms with Crippen LogP contribution in [-0.2, 0) is 9.84 Å². The van der Waals surface area contributed by atoms with Gasteiger partial charge >= 0.3 is 0 Å². The van der Waals surface area contributed by atoms with E-state index in [0.717, 1.165) is 12.1 Å². The molecule has 0 bridgehead atoms. The van der Waals surface area contributed by atoms with Crippen molar-refractivity contribution in [3.63, 3.8) is 0 Å². The van der Waals surface area contributed by atoms with E-state index in [-0.39, 0.29) is 23.6 Å². The van der Waals surface area contributed by atoms with Gasteiger partial charge in [-0.3, -0.25) is 4.79 Å². The van der Waals surface area contributed by atoms with Crippen LogP contribution in [0.2, 0.25) is 0 Å². The summed E-state index contributed by atoms with van der Waals surface area (Å²) in [5.41, 5.74) is 3.12. The molecule has 1 heterocycles. The predicted octanol–water partition coefficient (Wildman–Crippen LogP) is 0.854. The number of anilines is 1. The van der Waals surface area contributed by atoms with Gasteiger partial charge in [0.2, 0.25) is 0 Å². The third-order valence-corrected chi connectivity index (χ3v) is 5.17. The molecular weight excluding hydrogens is 290 g/mol. The van der Waals surface area contributed by atoms with Crippen LogP contribution in [0.5, 0.6) is 0 Å². The minimum atomic E-state index is -3.24. The summed E-state index contributed by atoms with van der Waals surface area (Å²) in [6.45, 7) is 1.53. The second-order valence-corrected chi connectivity index (χ2v) is 7.37. The van der Waals surface area contributed by atoms with Crippen molar-refractivity contribution in [2.45, 2.75) is 18.9 Å². The number of benzene rings is 1. The topological polar surface area (TPSA) is 89.3 Å². The maximum atomic E-state index is 13.7. The average molecular weight is 304 g/mol. The number of rotatable bonds is 2. The molecule has 110 valence electrons. The standard InChI is InChI=1S/C12H14F2N2O3S/c1-12(4-5-20(18,19)6-12)16-11(17)9-7(13)2-3-8(15)10(9)14/h2-3H,4-6,15H2,1H3,(H,16,17). The van der Waals surface area contributed by atoms with Crippen LogP contribution in [0.4, 0.5) is 14.5 Å². The molecule has 1 aliphatic heterocycles. The van der Waals surface area contributed by atoms with E-state index >= 15 is 0 Å². The number of halogens is 2. The molecule has 8 heteroatoms. The van der Waals surface area contributed by atoms with Gasteiger partial charge in [-0.2, -0.15) is 0 Å². The lowest BCUT2D eigenvalue weighted by Gasteiger charge is -2.24. The summed E-state index contributed by atoms with van der Waals surface area (Å²) in [4.78, 5) is 12.0. The first kappa shape index (κ1) is 14.7. The van der Waals surface area contributed by atoms with Gasteiger partial charge in [0.25, 0.3) is 5.91 Å². The molecule has 5 nitrogen and oxygen atoms in total. The Morgan fingerprint density at radius 1 is 1.40 bits per heavy atom. The molecule has 1 aliphatic rings. The Morgan fingerprint density at radius 2 is 2.05 bits per heavy atom. The maximum Gasteiger partial charge on any atom is 0.257 e. The lowest BCUT2D eigenvalue weighted by molar-refractivity contribution is 0.0907. The van der Waals surface area contributed by atoms with Crippen LogP contribution in [-0.4, -0.2) is 31.4 Å². The molecule has 0 radical (unpaired) electrons. The summed E-state index contributed by atoms with van der Waals surface area (Å²) in [5.74, 6) is -3.51. The van der Waals surface area contributed by atoms with E-state index in [1.165, 1.54) is 6.92 Å². The van der Waals surface area contributed by atoms with Crippen LogP contribution in [0.3, 0.4) is 0 Å². The third-order valence-electron chi connectivity index (χ3n) is 3.27. The van der Waals surface area contributed by atoms with Crippen molar-refractivity contribution in [1.82, 2.24) is 5.32 Å². The van der Waals surface area contributed by atoms with Crippen molar-refractivity contribution in [3.05, 3.63) is 29.3 Å². The predicted molar refractivity (Wildman–Crippen MR) is 69.9 cm³/mol. The van der Waals surface area contributed by atoms with E-state index < -0.39 is 38.5 Å². The van der Waals surface area contributed by atoms with Gasteiger partial charge in [-0.1, -0.05) is 0 Å². The van der Waals surface area contributed by atoms with Crippen molar-refractivity contribution in [2.24, 2.45) is 0 Å². The van der Waals surface area contributed by atoms with E-state index in [0.29, 0.717) is 0 Å². The van der Waals surface area contributed by atoms with Crippen LogP contribution in [0.15, 0.2) is 12.1 Å². The summed E-state index contributed by atoms with van der Waals surface area (Å²) in [5, 5.41) is 2.38. The molecule has 0 aliphatic carbocycles. The molecule has 2 rings (SSSR count). The monoisotopic (exact) mass is 304 g/mol. The Balaban J connectivity index is 2.28. The van der Waals surface area contributed by atoms with Crippen LogP contribution in [0.1, 0.15) is 23.7 Å². The number of amides is 1. The highest BCUT2D eigenvalue weighted by atomic mass is 32.2. The fraction of sp³-hybridized carbons (Fsp3) is 0.417. The smallest absolute Gasteiger partial charge is 0.257 e. The van der Waals surface area contributed by atoms with Crippen molar-refractivity contribution < 1.29 is 22.0 Å². The largest absolute Gasteiger partial charge is 0.396 e. The SMILES string of the molecule is CC1(NC(=O)c2c(F)ccc(N)c2F)CCS(=O)(=O)C1. The Bertz CT molecular complexity index is 676. The van der Waals surface area contributed by atoms with Gasteiger partial charge in [-0.05, 0) is 25.5 Å². The highest BCUT2D eigenvalue weighted by Crippen LogP contribution is 2.25. The lowest BCUT2D eigenvalue weighted by atomic mass is 10.0. The van der Waals surface area contributed by atoms with Gasteiger partial charge in [-0.25, -0.2) is 17.2 Å². The fourth-order valence-corrected chi connectivity index (χ4v) is 4.32. The normalized spacial score (nSPS) is 24.6. The summed E-state index contributed by atoms with van der Waals surface area (Å²) in [6, 6.07) is 1.91. The van der Waals surface area contributed by atoms with E-state index in [9.17, 15) is 22.0 Å². The van der Waals surface area contributed by atoms with Gasteiger partial charge in [0, 0.05) is 0 Å². The molecule has 20 heavy (non-hydrogen) atoms. The molecule has 1 saturated heterocycles. The Labute approximate surface area is 115 Å². The molecule has 1 amide bonds. The molecule has 1 aromatic rings. The van der Waals surface area contributed by atoms with Crippen molar-refractivity contribution in [3.8, 4) is 0 Å². The number of nitrogen functional groups attached to an aromatic ring is 1. The zero-order valence-corrected chi connectivity index (χ0v) is 11.6. The molecule has 1 unspecified atom stereocenters. The minimum absolute atomic E-state index is 0.0638. The zero-order chi connectivity index (χ0) is 15.1. The first-order chi connectivity index (χ1) is 9.14. The first-order valence-corrected chi connectivity index (χ1v) is 7.72. The van der Waals surface area contributed by atoms with Crippen LogP contribution >= 0.6 is 0 Å². The number of hydrogen-bond donors (Lipinski definition) is 2. The first-order valence-electron chi connectivity index (χ1n) is 5.90. The molecule has 0 spiro atoms. The van der Waals surface area contributed by atoms with E-state index in [1.54, 1.807) is 0 Å². The number of nitrogens with one attached hydrogen (secondary N) is 1. The average Bonchev–Trinajstić information content (AvgIpc) is 2.58. The maximum absolute atomic E-state index is 13.7. The van der Waals surface area contributed by atoms with E-state index in [1.807, 2.05) is 0 Å². The van der Waals surface area contributed by atoms with Crippen molar-refractivity contribution in [2.75, 3.05) is 17.2 Å². The molecule has 1 atom stereocenters. The fourth-order valence-electron chi connectivity index (χ4n) is 2.22. The molecular formula is C12H14F2N2O3S. The van der Waals surface area contributed by atoms with Gasteiger partial charge in [0.1, 0.15) is 11.4 Å². The quantitative estimate of drug-likeness (QED) is 0.793. The van der Waals surface area contributed by atoms with Crippen LogP contribution < -0.4 is 11.1 Å². The third kappa shape index (κ3) is 2.74. The van der Waals surface area contributed by atoms with Crippen LogP contribution in [0.25, 0.3) is 0 Å². The van der Waals surface area contributed by atoms with Crippen LogP contribution in [0, 0.1) is 11.6 Å². The van der Waals surface area contributed by atoms with E-state index in [2.05, 4.69) is 5.32 Å². The van der Waals surface area contributed by atoms with Gasteiger partial charge in [0.15, 0.2) is 15.7 Å². The van der Waals surface area contributed by atoms with Gasteiger partial charge in [-0.15, -0.1) is 0 Å². The number of nitrogens with two attached hydrogens (primary N) is 1. The molecule has 1 aromatic carbocycles. The number of carbonyl (C=O) groups excluding carboxylic acids is 1. The Morgan fingerprint density at radius 3 is 2.60 bits per heavy atom. The second kappa shape index (κ2) is 4.69. The minimum Gasteiger partial charge on any atom is -0.396 e. The molecule has 1 fully saturated rings. The summed E-state index contributed by atoms with van der Waals surface area (Å²) in [6.07, 6.45) is 0.201. The number of sulfone groups is 1. The summed E-state index contributed by atoms with van der Waals surface area (Å²) in [7, 11) is -3.24. The van der Waals surface area contributed by atoms with Gasteiger partial charge < -0.3 is 11.1 Å². The highest BCUT2D eigenvalue weighted by Gasteiger charge is 2.40. The number of hydrogen-bond acceptors (Lipinski definition) is 4. The summed E-state index contributed by atoms with van der Waals surface area (Å²) < 4.78 is 50.1. The van der Waals surface area contributed by atoms with Crippen molar-refractivity contribution in [1.29, 1.82) is 0 Å². The highest BCUT2D eigenvalue weighted by molar-refractivity contribution is 7.91.